The number of aliphatic hydroxyl groups excluding tert-OH is 1. The Kier molecular flexibility index (Phi) is 4.16. The zero-order valence-corrected chi connectivity index (χ0v) is 8.74. The van der Waals surface area contributed by atoms with Gasteiger partial charge in [0, 0.05) is 18.6 Å². The van der Waals surface area contributed by atoms with Gasteiger partial charge < -0.3 is 10.8 Å². The molecule has 78 valence electrons. The Morgan fingerprint density at radius 3 is 2.69 bits per heavy atom. The minimum atomic E-state index is -0.237. The van der Waals surface area contributed by atoms with Crippen LogP contribution in [0.15, 0.2) is 0 Å². The summed E-state index contributed by atoms with van der Waals surface area (Å²) in [5, 5.41) is 9.32. The second-order valence-electron chi connectivity index (χ2n) is 4.27. The average molecular weight is 186 g/mol. The van der Waals surface area contributed by atoms with Crippen LogP contribution < -0.4 is 5.73 Å². The minimum absolute atomic E-state index is 0.221. The number of hydrogen-bond donors (Lipinski definition) is 2. The summed E-state index contributed by atoms with van der Waals surface area (Å²) >= 11 is 0. The van der Waals surface area contributed by atoms with Crippen molar-refractivity contribution in [2.45, 2.75) is 51.3 Å². The Labute approximate surface area is 80.9 Å². The second kappa shape index (κ2) is 4.94. The van der Waals surface area contributed by atoms with Crippen LogP contribution in [-0.4, -0.2) is 41.3 Å². The normalized spacial score (nSPS) is 30.0. The summed E-state index contributed by atoms with van der Waals surface area (Å²) in [6.07, 6.45) is 3.47. The zero-order chi connectivity index (χ0) is 9.84. The summed E-state index contributed by atoms with van der Waals surface area (Å²) in [5.41, 5.74) is 5.91. The molecule has 1 fully saturated rings. The quantitative estimate of drug-likeness (QED) is 0.677. The summed E-state index contributed by atoms with van der Waals surface area (Å²) in [4.78, 5) is 2.33. The van der Waals surface area contributed by atoms with E-state index in [0.717, 1.165) is 13.1 Å². The molecule has 1 rings (SSSR count). The van der Waals surface area contributed by atoms with E-state index in [0.29, 0.717) is 6.04 Å². The van der Waals surface area contributed by atoms with Crippen molar-refractivity contribution in [3.05, 3.63) is 0 Å². The molecule has 1 saturated heterocycles. The molecule has 3 nitrogen and oxygen atoms in total. The molecule has 0 aromatic rings. The number of nitrogens with zero attached hydrogens (tertiary/aromatic N) is 1. The summed E-state index contributed by atoms with van der Waals surface area (Å²) in [6.45, 7) is 5.77. The molecule has 0 amide bonds. The molecule has 3 heteroatoms. The predicted octanol–water partition coefficient (Wildman–Crippen LogP) is 0.569. The summed E-state index contributed by atoms with van der Waals surface area (Å²) in [7, 11) is 0. The van der Waals surface area contributed by atoms with E-state index in [1.54, 1.807) is 0 Å². The fourth-order valence-corrected chi connectivity index (χ4v) is 2.18. The third-order valence-corrected chi connectivity index (χ3v) is 2.77. The van der Waals surface area contributed by atoms with Gasteiger partial charge in [-0.3, -0.25) is 4.90 Å². The van der Waals surface area contributed by atoms with Crippen molar-refractivity contribution in [1.82, 2.24) is 4.90 Å². The maximum atomic E-state index is 9.32. The van der Waals surface area contributed by atoms with Crippen molar-refractivity contribution in [2.24, 2.45) is 5.73 Å². The fourth-order valence-electron chi connectivity index (χ4n) is 2.18. The molecule has 0 radical (unpaired) electrons. The van der Waals surface area contributed by atoms with Crippen molar-refractivity contribution < 1.29 is 5.11 Å². The Morgan fingerprint density at radius 2 is 2.15 bits per heavy atom. The van der Waals surface area contributed by atoms with Crippen LogP contribution in [0.1, 0.15) is 33.1 Å². The summed E-state index contributed by atoms with van der Waals surface area (Å²) in [5.74, 6) is 0. The molecule has 0 bridgehead atoms. The van der Waals surface area contributed by atoms with E-state index < -0.39 is 0 Å². The molecule has 1 heterocycles. The molecule has 3 N–H and O–H groups in total. The molecule has 13 heavy (non-hydrogen) atoms. The van der Waals surface area contributed by atoms with Gasteiger partial charge in [0.2, 0.25) is 0 Å². The standard InChI is InChI=1S/C10H22N2O/c1-8(13)7-12-6-4-3-5-10(12)9(2)11/h8-10,13H,3-7,11H2,1-2H3/t8-,9?,10?/m0/s1. The first-order valence-corrected chi connectivity index (χ1v) is 5.29. The highest BCUT2D eigenvalue weighted by Crippen LogP contribution is 2.18. The highest BCUT2D eigenvalue weighted by molar-refractivity contribution is 4.83. The van der Waals surface area contributed by atoms with Crippen LogP contribution in [0.3, 0.4) is 0 Å². The van der Waals surface area contributed by atoms with Gasteiger partial charge in [0.1, 0.15) is 0 Å². The van der Waals surface area contributed by atoms with E-state index >= 15 is 0 Å². The molecule has 0 aromatic carbocycles. The number of aliphatic hydroxyl groups is 1. The number of likely N-dealkylation sites (tertiary alicyclic amines) is 1. The first-order valence-electron chi connectivity index (χ1n) is 5.29. The van der Waals surface area contributed by atoms with Gasteiger partial charge in [-0.25, -0.2) is 0 Å². The number of β-amino-alcohol motifs (C(OH)–C–C–N with tert-alkyl or cyclic N) is 1. The molecule has 0 saturated carbocycles. The zero-order valence-electron chi connectivity index (χ0n) is 8.74. The Hall–Kier alpha value is -0.120. The Bertz CT molecular complexity index is 148. The fraction of sp³-hybridized carbons (Fsp3) is 1.00. The maximum Gasteiger partial charge on any atom is 0.0639 e. The predicted molar refractivity (Wildman–Crippen MR) is 54.5 cm³/mol. The van der Waals surface area contributed by atoms with Crippen molar-refractivity contribution in [3.8, 4) is 0 Å². The van der Waals surface area contributed by atoms with Crippen LogP contribution in [0.4, 0.5) is 0 Å². The lowest BCUT2D eigenvalue weighted by atomic mass is 9.97. The van der Waals surface area contributed by atoms with Crippen LogP contribution in [0, 0.1) is 0 Å². The lowest BCUT2D eigenvalue weighted by Gasteiger charge is -2.38. The van der Waals surface area contributed by atoms with E-state index in [4.69, 9.17) is 5.73 Å². The average Bonchev–Trinajstić information content (AvgIpc) is 2.03. The van der Waals surface area contributed by atoms with Crippen LogP contribution >= 0.6 is 0 Å². The Balaban J connectivity index is 2.46. The van der Waals surface area contributed by atoms with Gasteiger partial charge in [-0.15, -0.1) is 0 Å². The van der Waals surface area contributed by atoms with Crippen molar-refractivity contribution >= 4 is 0 Å². The first-order chi connectivity index (χ1) is 6.11. The number of nitrogens with two attached hydrogens (primary N) is 1. The monoisotopic (exact) mass is 186 g/mol. The SMILES string of the molecule is CC(N)C1CCCCN1C[C@H](C)O. The van der Waals surface area contributed by atoms with Gasteiger partial charge in [-0.05, 0) is 33.2 Å². The van der Waals surface area contributed by atoms with Crippen LogP contribution in [-0.2, 0) is 0 Å². The second-order valence-corrected chi connectivity index (χ2v) is 4.27. The molecule has 0 aliphatic carbocycles. The number of hydrogen-bond acceptors (Lipinski definition) is 3. The molecule has 1 aliphatic rings. The van der Waals surface area contributed by atoms with Gasteiger partial charge in [-0.1, -0.05) is 6.42 Å². The largest absolute Gasteiger partial charge is 0.392 e. The third kappa shape index (κ3) is 3.25. The van der Waals surface area contributed by atoms with Crippen molar-refractivity contribution in [2.75, 3.05) is 13.1 Å². The molecular weight excluding hydrogens is 164 g/mol. The molecule has 0 aromatic heterocycles. The van der Waals surface area contributed by atoms with Crippen molar-refractivity contribution in [3.63, 3.8) is 0 Å². The first kappa shape index (κ1) is 11.0. The molecular formula is C10H22N2O. The number of piperidine rings is 1. The Morgan fingerprint density at radius 1 is 1.46 bits per heavy atom. The van der Waals surface area contributed by atoms with Crippen LogP contribution in [0.25, 0.3) is 0 Å². The van der Waals surface area contributed by atoms with Crippen LogP contribution in [0.2, 0.25) is 0 Å². The lowest BCUT2D eigenvalue weighted by molar-refractivity contribution is 0.0681. The van der Waals surface area contributed by atoms with Gasteiger partial charge in [-0.2, -0.15) is 0 Å². The smallest absolute Gasteiger partial charge is 0.0639 e. The van der Waals surface area contributed by atoms with Gasteiger partial charge >= 0.3 is 0 Å². The maximum absolute atomic E-state index is 9.32. The van der Waals surface area contributed by atoms with E-state index in [2.05, 4.69) is 11.8 Å². The molecule has 2 unspecified atom stereocenters. The van der Waals surface area contributed by atoms with Gasteiger partial charge in [0.05, 0.1) is 6.10 Å². The van der Waals surface area contributed by atoms with Crippen LogP contribution in [0.5, 0.6) is 0 Å². The highest BCUT2D eigenvalue weighted by atomic mass is 16.3. The van der Waals surface area contributed by atoms with E-state index in [1.807, 2.05) is 6.92 Å². The topological polar surface area (TPSA) is 49.5 Å². The van der Waals surface area contributed by atoms with E-state index in [1.165, 1.54) is 19.3 Å². The lowest BCUT2D eigenvalue weighted by Crippen LogP contribution is -2.51. The van der Waals surface area contributed by atoms with Gasteiger partial charge in [0.25, 0.3) is 0 Å². The van der Waals surface area contributed by atoms with E-state index in [-0.39, 0.29) is 12.1 Å². The molecule has 1 aliphatic heterocycles. The molecule has 0 spiro atoms. The summed E-state index contributed by atoms with van der Waals surface area (Å²) in [6, 6.07) is 0.697. The highest BCUT2D eigenvalue weighted by Gasteiger charge is 2.25. The summed E-state index contributed by atoms with van der Waals surface area (Å²) < 4.78 is 0. The number of rotatable bonds is 3. The minimum Gasteiger partial charge on any atom is -0.392 e. The van der Waals surface area contributed by atoms with E-state index in [9.17, 15) is 5.11 Å². The van der Waals surface area contributed by atoms with Gasteiger partial charge in [0.15, 0.2) is 0 Å². The third-order valence-electron chi connectivity index (χ3n) is 2.77. The van der Waals surface area contributed by atoms with Crippen molar-refractivity contribution in [1.29, 1.82) is 0 Å². The molecule has 3 atom stereocenters.